The zero-order chi connectivity index (χ0) is 14.4. The number of aliphatic carboxylic acids is 1. The molecule has 5 nitrogen and oxygen atoms in total. The van der Waals surface area contributed by atoms with E-state index in [9.17, 15) is 9.59 Å². The van der Waals surface area contributed by atoms with E-state index in [2.05, 4.69) is 19.2 Å². The topological polar surface area (TPSA) is 86.6 Å². The van der Waals surface area contributed by atoms with Gasteiger partial charge in [0.2, 0.25) is 0 Å². The molecule has 0 radical (unpaired) electrons. The first-order valence-corrected chi connectivity index (χ1v) is 6.17. The average Bonchev–Trinajstić information content (AvgIpc) is 2.34. The maximum Gasteiger partial charge on any atom is 0.328 e. The number of carboxylic acid groups (broad SMARTS) is 1. The molecule has 0 aliphatic rings. The van der Waals surface area contributed by atoms with E-state index >= 15 is 0 Å². The van der Waals surface area contributed by atoms with Gasteiger partial charge in [0.1, 0.15) is 0 Å². The SMILES string of the molecule is CC(C)Cc1cccc(C(=O)N[C@@H](CO)C(=O)O)c1. The number of aliphatic hydroxyl groups excluding tert-OH is 1. The average molecular weight is 265 g/mol. The van der Waals surface area contributed by atoms with Crippen LogP contribution in [0.25, 0.3) is 0 Å². The van der Waals surface area contributed by atoms with Crippen molar-refractivity contribution in [3.05, 3.63) is 35.4 Å². The van der Waals surface area contributed by atoms with Gasteiger partial charge in [-0.15, -0.1) is 0 Å². The lowest BCUT2D eigenvalue weighted by atomic mass is 10.0. The molecule has 0 aliphatic heterocycles. The van der Waals surface area contributed by atoms with Crippen LogP contribution in [0, 0.1) is 5.92 Å². The number of rotatable bonds is 6. The smallest absolute Gasteiger partial charge is 0.328 e. The Morgan fingerprint density at radius 3 is 2.53 bits per heavy atom. The van der Waals surface area contributed by atoms with E-state index in [-0.39, 0.29) is 0 Å². The zero-order valence-corrected chi connectivity index (χ0v) is 11.1. The van der Waals surface area contributed by atoms with Gasteiger partial charge in [0.25, 0.3) is 5.91 Å². The normalized spacial score (nSPS) is 12.2. The second-order valence-electron chi connectivity index (χ2n) is 4.85. The fourth-order valence-corrected chi connectivity index (χ4v) is 1.74. The molecule has 0 bridgehead atoms. The first-order chi connectivity index (χ1) is 8.93. The van der Waals surface area contributed by atoms with Gasteiger partial charge in [-0.1, -0.05) is 26.0 Å². The Hall–Kier alpha value is -1.88. The monoisotopic (exact) mass is 265 g/mol. The fraction of sp³-hybridized carbons (Fsp3) is 0.429. The third-order valence-corrected chi connectivity index (χ3v) is 2.62. The highest BCUT2D eigenvalue weighted by Gasteiger charge is 2.19. The predicted molar refractivity (Wildman–Crippen MR) is 71.0 cm³/mol. The summed E-state index contributed by atoms with van der Waals surface area (Å²) >= 11 is 0. The molecule has 1 atom stereocenters. The highest BCUT2D eigenvalue weighted by molar-refractivity contribution is 5.96. The molecule has 104 valence electrons. The maximum atomic E-state index is 11.9. The van der Waals surface area contributed by atoms with Crippen LogP contribution in [0.1, 0.15) is 29.8 Å². The van der Waals surface area contributed by atoms with E-state index < -0.39 is 24.5 Å². The van der Waals surface area contributed by atoms with Crippen LogP contribution in [0.15, 0.2) is 24.3 Å². The third kappa shape index (κ3) is 4.71. The molecule has 0 saturated carbocycles. The molecule has 1 aromatic rings. The van der Waals surface area contributed by atoms with Crippen LogP contribution in [0.3, 0.4) is 0 Å². The van der Waals surface area contributed by atoms with Crippen molar-refractivity contribution >= 4 is 11.9 Å². The first kappa shape index (κ1) is 15.2. The van der Waals surface area contributed by atoms with Crippen molar-refractivity contribution in [1.29, 1.82) is 0 Å². The van der Waals surface area contributed by atoms with E-state index in [1.807, 2.05) is 6.07 Å². The van der Waals surface area contributed by atoms with E-state index in [0.717, 1.165) is 12.0 Å². The summed E-state index contributed by atoms with van der Waals surface area (Å²) in [6.45, 7) is 3.53. The van der Waals surface area contributed by atoms with Crippen LogP contribution >= 0.6 is 0 Å². The van der Waals surface area contributed by atoms with Crippen molar-refractivity contribution in [2.45, 2.75) is 26.3 Å². The summed E-state index contributed by atoms with van der Waals surface area (Å²) in [6, 6.07) is 5.78. The van der Waals surface area contributed by atoms with Gasteiger partial charge in [-0.2, -0.15) is 0 Å². The van der Waals surface area contributed by atoms with E-state index in [1.54, 1.807) is 18.2 Å². The number of carbonyl (C=O) groups excluding carboxylic acids is 1. The minimum absolute atomic E-state index is 0.401. The largest absolute Gasteiger partial charge is 0.480 e. The summed E-state index contributed by atoms with van der Waals surface area (Å²) in [5.41, 5.74) is 1.43. The van der Waals surface area contributed by atoms with Gasteiger partial charge in [-0.3, -0.25) is 4.79 Å². The van der Waals surface area contributed by atoms with E-state index in [4.69, 9.17) is 10.2 Å². The van der Waals surface area contributed by atoms with Crippen LogP contribution < -0.4 is 5.32 Å². The molecule has 1 aromatic carbocycles. The Morgan fingerprint density at radius 1 is 1.32 bits per heavy atom. The number of hydrogen-bond acceptors (Lipinski definition) is 3. The predicted octanol–water partition coefficient (Wildman–Crippen LogP) is 1.06. The fourth-order valence-electron chi connectivity index (χ4n) is 1.74. The molecule has 5 heteroatoms. The van der Waals surface area contributed by atoms with Crippen LogP contribution in [0.4, 0.5) is 0 Å². The molecule has 0 heterocycles. The van der Waals surface area contributed by atoms with Crippen molar-refractivity contribution in [3.8, 4) is 0 Å². The molecule has 1 amide bonds. The number of nitrogens with one attached hydrogen (secondary N) is 1. The van der Waals surface area contributed by atoms with Gasteiger partial charge < -0.3 is 15.5 Å². The summed E-state index contributed by atoms with van der Waals surface area (Å²) in [4.78, 5) is 22.6. The first-order valence-electron chi connectivity index (χ1n) is 6.17. The van der Waals surface area contributed by atoms with Crippen molar-refractivity contribution in [2.75, 3.05) is 6.61 Å². The molecule has 3 N–H and O–H groups in total. The third-order valence-electron chi connectivity index (χ3n) is 2.62. The highest BCUT2D eigenvalue weighted by Crippen LogP contribution is 2.10. The summed E-state index contributed by atoms with van der Waals surface area (Å²) in [7, 11) is 0. The molecule has 0 spiro atoms. The van der Waals surface area contributed by atoms with Gasteiger partial charge in [-0.25, -0.2) is 4.79 Å². The van der Waals surface area contributed by atoms with E-state index in [0.29, 0.717) is 11.5 Å². The van der Waals surface area contributed by atoms with Gasteiger partial charge in [0, 0.05) is 5.56 Å². The Morgan fingerprint density at radius 2 is 2.00 bits per heavy atom. The standard InChI is InChI=1S/C14H19NO4/c1-9(2)6-10-4-3-5-11(7-10)13(17)15-12(8-16)14(18)19/h3-5,7,9,12,16H,6,8H2,1-2H3,(H,15,17)(H,18,19)/t12-/m0/s1. The number of hydrogen-bond donors (Lipinski definition) is 3. The number of carbonyl (C=O) groups is 2. The Labute approximate surface area is 112 Å². The molecule has 0 saturated heterocycles. The summed E-state index contributed by atoms with van der Waals surface area (Å²) in [5.74, 6) is -1.27. The lowest BCUT2D eigenvalue weighted by molar-refractivity contribution is -0.140. The molecular formula is C14H19NO4. The number of aliphatic hydroxyl groups is 1. The quantitative estimate of drug-likeness (QED) is 0.718. The highest BCUT2D eigenvalue weighted by atomic mass is 16.4. The van der Waals surface area contributed by atoms with Crippen LogP contribution in [-0.4, -0.2) is 34.7 Å². The summed E-state index contributed by atoms with van der Waals surface area (Å²) in [6.07, 6.45) is 0.851. The Balaban J connectivity index is 2.79. The van der Waals surface area contributed by atoms with E-state index in [1.165, 1.54) is 0 Å². The van der Waals surface area contributed by atoms with Crippen molar-refractivity contribution in [3.63, 3.8) is 0 Å². The van der Waals surface area contributed by atoms with Crippen LogP contribution in [0.5, 0.6) is 0 Å². The van der Waals surface area contributed by atoms with Gasteiger partial charge in [0.05, 0.1) is 6.61 Å². The van der Waals surface area contributed by atoms with Crippen LogP contribution in [0.2, 0.25) is 0 Å². The number of amides is 1. The number of carboxylic acids is 1. The second kappa shape index (κ2) is 6.89. The van der Waals surface area contributed by atoms with Gasteiger partial charge in [0.15, 0.2) is 6.04 Å². The Kier molecular flexibility index (Phi) is 5.51. The van der Waals surface area contributed by atoms with Crippen molar-refractivity contribution in [2.24, 2.45) is 5.92 Å². The lowest BCUT2D eigenvalue weighted by Gasteiger charge is -2.12. The van der Waals surface area contributed by atoms with Crippen LogP contribution in [-0.2, 0) is 11.2 Å². The van der Waals surface area contributed by atoms with Gasteiger partial charge >= 0.3 is 5.97 Å². The minimum Gasteiger partial charge on any atom is -0.480 e. The van der Waals surface area contributed by atoms with Crippen molar-refractivity contribution < 1.29 is 19.8 Å². The maximum absolute atomic E-state index is 11.9. The molecule has 0 fully saturated rings. The number of benzene rings is 1. The Bertz CT molecular complexity index is 457. The molecule has 0 aromatic heterocycles. The lowest BCUT2D eigenvalue weighted by Crippen LogP contribution is -2.43. The van der Waals surface area contributed by atoms with Crippen molar-refractivity contribution in [1.82, 2.24) is 5.32 Å². The minimum atomic E-state index is -1.28. The zero-order valence-electron chi connectivity index (χ0n) is 11.1. The molecular weight excluding hydrogens is 246 g/mol. The molecule has 1 rings (SSSR count). The molecule has 19 heavy (non-hydrogen) atoms. The second-order valence-corrected chi connectivity index (χ2v) is 4.85. The molecule has 0 aliphatic carbocycles. The summed E-state index contributed by atoms with van der Waals surface area (Å²) in [5, 5.41) is 19.9. The van der Waals surface area contributed by atoms with Gasteiger partial charge in [-0.05, 0) is 30.0 Å². The summed E-state index contributed by atoms with van der Waals surface area (Å²) < 4.78 is 0. The molecule has 0 unspecified atom stereocenters.